The highest BCUT2D eigenvalue weighted by atomic mass is 127. The van der Waals surface area contributed by atoms with Gasteiger partial charge >= 0.3 is 0 Å². The molecule has 1 amide bonds. The Balaban J connectivity index is 0.00000338. The minimum Gasteiger partial charge on any atom is -0.497 e. The van der Waals surface area contributed by atoms with E-state index in [4.69, 9.17) is 4.74 Å². The molecule has 0 atom stereocenters. The van der Waals surface area contributed by atoms with E-state index in [9.17, 15) is 4.79 Å². The molecule has 0 bridgehead atoms. The Hall–Kier alpha value is -1.88. The number of nitrogens with one attached hydrogen (secondary N) is 3. The van der Waals surface area contributed by atoms with Gasteiger partial charge in [-0.1, -0.05) is 6.07 Å². The topological polar surface area (TPSA) is 87.6 Å². The van der Waals surface area contributed by atoms with Gasteiger partial charge in [-0.25, -0.2) is 4.98 Å². The first-order chi connectivity index (χ1) is 12.1. The first-order valence-corrected chi connectivity index (χ1v) is 8.72. The molecule has 2 aromatic rings. The number of thiazole rings is 1. The van der Waals surface area contributed by atoms with Crippen molar-refractivity contribution in [2.45, 2.75) is 13.5 Å². The van der Waals surface area contributed by atoms with Crippen molar-refractivity contribution in [3.8, 4) is 5.75 Å². The van der Waals surface area contributed by atoms with Crippen LogP contribution < -0.4 is 20.7 Å². The van der Waals surface area contributed by atoms with E-state index in [0.29, 0.717) is 36.9 Å². The number of benzene rings is 1. The molecule has 0 fully saturated rings. The van der Waals surface area contributed by atoms with E-state index in [1.165, 1.54) is 4.88 Å². The van der Waals surface area contributed by atoms with E-state index in [1.54, 1.807) is 49.8 Å². The zero-order valence-electron chi connectivity index (χ0n) is 15.0. The van der Waals surface area contributed by atoms with Crippen molar-refractivity contribution in [3.63, 3.8) is 0 Å². The highest BCUT2D eigenvalue weighted by molar-refractivity contribution is 14.0. The minimum absolute atomic E-state index is 0. The predicted molar refractivity (Wildman–Crippen MR) is 116 cm³/mol. The van der Waals surface area contributed by atoms with Crippen molar-refractivity contribution in [1.29, 1.82) is 0 Å². The first-order valence-electron chi connectivity index (χ1n) is 7.90. The van der Waals surface area contributed by atoms with E-state index in [0.717, 1.165) is 5.01 Å². The maximum atomic E-state index is 12.1. The van der Waals surface area contributed by atoms with Crippen LogP contribution >= 0.6 is 35.3 Å². The van der Waals surface area contributed by atoms with Gasteiger partial charge < -0.3 is 20.7 Å². The lowest BCUT2D eigenvalue weighted by Crippen LogP contribution is -2.41. The van der Waals surface area contributed by atoms with Gasteiger partial charge in [0.1, 0.15) is 10.8 Å². The van der Waals surface area contributed by atoms with E-state index in [-0.39, 0.29) is 29.9 Å². The zero-order valence-corrected chi connectivity index (χ0v) is 18.2. The fourth-order valence-corrected chi connectivity index (χ4v) is 2.81. The van der Waals surface area contributed by atoms with Crippen molar-refractivity contribution in [2.75, 3.05) is 27.2 Å². The molecule has 142 valence electrons. The van der Waals surface area contributed by atoms with Crippen LogP contribution in [0.1, 0.15) is 20.2 Å². The van der Waals surface area contributed by atoms with Crippen molar-refractivity contribution < 1.29 is 9.53 Å². The lowest BCUT2D eigenvalue weighted by molar-refractivity contribution is 0.0954. The number of aliphatic imine (C=N–C) groups is 1. The second-order valence-electron chi connectivity index (χ2n) is 5.21. The number of halogens is 1. The van der Waals surface area contributed by atoms with E-state index in [2.05, 4.69) is 25.9 Å². The summed E-state index contributed by atoms with van der Waals surface area (Å²) in [5, 5.41) is 10.2. The van der Waals surface area contributed by atoms with Gasteiger partial charge in [-0.05, 0) is 25.1 Å². The summed E-state index contributed by atoms with van der Waals surface area (Å²) in [5.41, 5.74) is 0.570. The molecule has 0 unspecified atom stereocenters. The summed E-state index contributed by atoms with van der Waals surface area (Å²) in [6.07, 6.45) is 1.85. The molecule has 2 rings (SSSR count). The Morgan fingerprint density at radius 3 is 2.69 bits per heavy atom. The lowest BCUT2D eigenvalue weighted by Gasteiger charge is -2.11. The summed E-state index contributed by atoms with van der Waals surface area (Å²) < 4.78 is 5.12. The first kappa shape index (κ1) is 22.2. The van der Waals surface area contributed by atoms with Crippen LogP contribution in [0.15, 0.2) is 35.5 Å². The molecule has 0 aliphatic rings. The molecule has 0 radical (unpaired) electrons. The van der Waals surface area contributed by atoms with Gasteiger partial charge in [-0.2, -0.15) is 0 Å². The van der Waals surface area contributed by atoms with Crippen LogP contribution in [0.3, 0.4) is 0 Å². The number of methoxy groups -OCH3 is 1. The Labute approximate surface area is 174 Å². The van der Waals surface area contributed by atoms with Gasteiger partial charge in [-0.15, -0.1) is 35.3 Å². The molecular formula is C17H24IN5O2S. The van der Waals surface area contributed by atoms with Crippen molar-refractivity contribution in [3.05, 3.63) is 45.9 Å². The van der Waals surface area contributed by atoms with E-state index < -0.39 is 0 Å². The van der Waals surface area contributed by atoms with Gasteiger partial charge in [0.15, 0.2) is 5.96 Å². The maximum Gasteiger partial charge on any atom is 0.251 e. The van der Waals surface area contributed by atoms with Crippen molar-refractivity contribution >= 4 is 47.2 Å². The maximum absolute atomic E-state index is 12.1. The summed E-state index contributed by atoms with van der Waals surface area (Å²) in [4.78, 5) is 21.7. The largest absolute Gasteiger partial charge is 0.497 e. The van der Waals surface area contributed by atoms with Crippen LogP contribution in [0, 0.1) is 6.92 Å². The Morgan fingerprint density at radius 2 is 2.04 bits per heavy atom. The van der Waals surface area contributed by atoms with Gasteiger partial charge in [0, 0.05) is 36.8 Å². The molecule has 3 N–H and O–H groups in total. The molecule has 1 aromatic heterocycles. The quantitative estimate of drug-likeness (QED) is 0.240. The van der Waals surface area contributed by atoms with Crippen molar-refractivity contribution in [2.24, 2.45) is 4.99 Å². The third-order valence-corrected chi connectivity index (χ3v) is 4.25. The highest BCUT2D eigenvalue weighted by Gasteiger charge is 2.06. The van der Waals surface area contributed by atoms with E-state index in [1.807, 2.05) is 13.1 Å². The molecule has 1 heterocycles. The third-order valence-electron chi connectivity index (χ3n) is 3.33. The molecule has 26 heavy (non-hydrogen) atoms. The average molecular weight is 489 g/mol. The number of hydrogen-bond donors (Lipinski definition) is 3. The van der Waals surface area contributed by atoms with Crippen LogP contribution in [-0.2, 0) is 6.54 Å². The van der Waals surface area contributed by atoms with Crippen LogP contribution in [0.2, 0.25) is 0 Å². The number of hydrogen-bond acceptors (Lipinski definition) is 5. The molecule has 9 heteroatoms. The van der Waals surface area contributed by atoms with Crippen LogP contribution in [0.4, 0.5) is 0 Å². The number of guanidine groups is 1. The summed E-state index contributed by atoms with van der Waals surface area (Å²) in [6.45, 7) is 3.69. The molecule has 0 saturated carbocycles. The minimum atomic E-state index is -0.137. The van der Waals surface area contributed by atoms with E-state index >= 15 is 0 Å². The highest BCUT2D eigenvalue weighted by Crippen LogP contribution is 2.12. The number of aryl methyl sites for hydroxylation is 1. The van der Waals surface area contributed by atoms with Crippen molar-refractivity contribution in [1.82, 2.24) is 20.9 Å². The van der Waals surface area contributed by atoms with Crippen LogP contribution in [-0.4, -0.2) is 44.1 Å². The molecule has 0 saturated heterocycles. The number of carbonyl (C=O) groups excluding carboxylic acids is 1. The normalized spacial score (nSPS) is 10.7. The SMILES string of the molecule is CN=C(NCCNC(=O)c1cccc(OC)c1)NCc1ncc(C)s1.I. The zero-order chi connectivity index (χ0) is 18.1. The Kier molecular flexibility index (Phi) is 9.96. The third kappa shape index (κ3) is 7.16. The number of rotatable bonds is 7. The summed E-state index contributed by atoms with van der Waals surface area (Å²) >= 11 is 1.65. The fraction of sp³-hybridized carbons (Fsp3) is 0.353. The number of nitrogens with zero attached hydrogens (tertiary/aromatic N) is 2. The standard InChI is InChI=1S/C17H23N5O2S.HI/c1-12-10-21-15(25-12)11-22-17(18-2)20-8-7-19-16(23)13-5-4-6-14(9-13)24-3;/h4-6,9-10H,7-8,11H2,1-3H3,(H,19,23)(H2,18,20,22);1H. The predicted octanol–water partition coefficient (Wildman–Crippen LogP) is 2.17. The molecule has 0 aliphatic carbocycles. The molecule has 0 aliphatic heterocycles. The van der Waals surface area contributed by atoms with Crippen LogP contribution in [0.5, 0.6) is 5.75 Å². The number of ether oxygens (including phenoxy) is 1. The van der Waals surface area contributed by atoms with Gasteiger partial charge in [0.2, 0.25) is 0 Å². The van der Waals surface area contributed by atoms with Gasteiger partial charge in [0.05, 0.1) is 13.7 Å². The molecule has 0 spiro atoms. The molecular weight excluding hydrogens is 465 g/mol. The van der Waals surface area contributed by atoms with Gasteiger partial charge in [0.25, 0.3) is 5.91 Å². The van der Waals surface area contributed by atoms with Crippen LogP contribution in [0.25, 0.3) is 0 Å². The molecule has 1 aromatic carbocycles. The summed E-state index contributed by atoms with van der Waals surface area (Å²) in [6, 6.07) is 7.05. The molecule has 7 nitrogen and oxygen atoms in total. The Bertz CT molecular complexity index is 735. The summed E-state index contributed by atoms with van der Waals surface area (Å²) in [5.74, 6) is 1.19. The average Bonchev–Trinajstić information content (AvgIpc) is 3.06. The second kappa shape index (κ2) is 11.7. The smallest absolute Gasteiger partial charge is 0.251 e. The second-order valence-corrected chi connectivity index (χ2v) is 6.52. The monoisotopic (exact) mass is 489 g/mol. The summed E-state index contributed by atoms with van der Waals surface area (Å²) in [7, 11) is 3.28. The Morgan fingerprint density at radius 1 is 1.27 bits per heavy atom. The number of aromatic nitrogens is 1. The number of amides is 1. The lowest BCUT2D eigenvalue weighted by atomic mass is 10.2. The number of carbonyl (C=O) groups is 1. The van der Waals surface area contributed by atoms with Gasteiger partial charge in [-0.3, -0.25) is 9.79 Å². The fourth-order valence-electron chi connectivity index (χ4n) is 2.09.